The summed E-state index contributed by atoms with van der Waals surface area (Å²) in [4.78, 5) is 3.29. The van der Waals surface area contributed by atoms with Crippen molar-refractivity contribution >= 4 is 11.6 Å². The number of hydrogen-bond donors (Lipinski definition) is 0. The summed E-state index contributed by atoms with van der Waals surface area (Å²) in [6.07, 6.45) is -2.77. The second-order valence-corrected chi connectivity index (χ2v) is 2.73. The van der Waals surface area contributed by atoms with Crippen LogP contribution in [0, 0.1) is 5.82 Å². The Morgan fingerprint density at radius 3 is 2.64 bits per heavy atom. The molecule has 78 valence electrons. The van der Waals surface area contributed by atoms with Gasteiger partial charge in [-0.3, -0.25) is 0 Å². The van der Waals surface area contributed by atoms with Gasteiger partial charge in [0.05, 0.1) is 13.0 Å². The molecule has 0 bridgehead atoms. The molecule has 0 aliphatic rings. The average molecular weight is 226 g/mol. The molecular weight excluding hydrogens is 219 g/mol. The van der Waals surface area contributed by atoms with Crippen molar-refractivity contribution in [2.24, 2.45) is 0 Å². The Morgan fingerprint density at radius 1 is 1.57 bits per heavy atom. The van der Waals surface area contributed by atoms with Crippen molar-refractivity contribution < 1.29 is 17.9 Å². The second-order valence-electron chi connectivity index (χ2n) is 2.46. The number of halogens is 4. The van der Waals surface area contributed by atoms with E-state index in [1.165, 1.54) is 0 Å². The molecule has 0 radical (unpaired) electrons. The highest BCUT2D eigenvalue weighted by atomic mass is 35.5. The molecule has 2 nitrogen and oxygen atoms in total. The maximum atomic E-state index is 13.2. The predicted octanol–water partition coefficient (Wildman–Crippen LogP) is 2.91. The first-order chi connectivity index (χ1) is 6.60. The third-order valence-corrected chi connectivity index (χ3v) is 1.87. The molecule has 0 N–H and O–H groups in total. The lowest BCUT2D eigenvalue weighted by Gasteiger charge is -2.07. The maximum absolute atomic E-state index is 13.2. The molecule has 0 saturated carbocycles. The molecule has 0 fully saturated rings. The van der Waals surface area contributed by atoms with Crippen LogP contribution in [-0.4, -0.2) is 12.1 Å². The van der Waals surface area contributed by atoms with Gasteiger partial charge in [-0.25, -0.2) is 18.2 Å². The predicted molar refractivity (Wildman–Crippen MR) is 45.3 cm³/mol. The summed E-state index contributed by atoms with van der Waals surface area (Å²) >= 11 is 5.37. The molecule has 1 rings (SSSR count). The lowest BCUT2D eigenvalue weighted by Crippen LogP contribution is -2.01. The first-order valence-corrected chi connectivity index (χ1v) is 4.21. The third kappa shape index (κ3) is 2.09. The van der Waals surface area contributed by atoms with Gasteiger partial charge in [0.1, 0.15) is 5.69 Å². The molecule has 0 atom stereocenters. The fourth-order valence-electron chi connectivity index (χ4n) is 0.922. The van der Waals surface area contributed by atoms with Gasteiger partial charge in [-0.05, 0) is 6.07 Å². The zero-order chi connectivity index (χ0) is 10.7. The topological polar surface area (TPSA) is 22.1 Å². The SMILES string of the molecule is COc1nc(C(F)F)cc(CCl)c1F. The second kappa shape index (κ2) is 4.50. The molecule has 6 heteroatoms. The van der Waals surface area contributed by atoms with Crippen LogP contribution < -0.4 is 4.74 Å². The van der Waals surface area contributed by atoms with Crippen LogP contribution in [0.15, 0.2) is 6.07 Å². The molecule has 1 aromatic heterocycles. The van der Waals surface area contributed by atoms with Crippen molar-refractivity contribution in [1.82, 2.24) is 4.98 Å². The van der Waals surface area contributed by atoms with Crippen LogP contribution in [-0.2, 0) is 5.88 Å². The van der Waals surface area contributed by atoms with Crippen molar-refractivity contribution in [3.63, 3.8) is 0 Å². The fraction of sp³-hybridized carbons (Fsp3) is 0.375. The number of alkyl halides is 3. The van der Waals surface area contributed by atoms with Crippen molar-refractivity contribution in [3.8, 4) is 5.88 Å². The lowest BCUT2D eigenvalue weighted by atomic mass is 10.2. The fourth-order valence-corrected chi connectivity index (χ4v) is 1.12. The number of ether oxygens (including phenoxy) is 1. The monoisotopic (exact) mass is 225 g/mol. The highest BCUT2D eigenvalue weighted by molar-refractivity contribution is 6.17. The average Bonchev–Trinajstić information content (AvgIpc) is 2.17. The largest absolute Gasteiger partial charge is 0.479 e. The maximum Gasteiger partial charge on any atom is 0.280 e. The van der Waals surface area contributed by atoms with Crippen molar-refractivity contribution in [2.45, 2.75) is 12.3 Å². The number of nitrogens with zero attached hydrogens (tertiary/aromatic N) is 1. The minimum absolute atomic E-state index is 0.0474. The van der Waals surface area contributed by atoms with Gasteiger partial charge in [0.2, 0.25) is 0 Å². The Hall–Kier alpha value is -0.970. The van der Waals surface area contributed by atoms with E-state index in [1.54, 1.807) is 0 Å². The smallest absolute Gasteiger partial charge is 0.280 e. The van der Waals surface area contributed by atoms with E-state index in [2.05, 4.69) is 9.72 Å². The van der Waals surface area contributed by atoms with Crippen LogP contribution in [0.2, 0.25) is 0 Å². The number of rotatable bonds is 3. The lowest BCUT2D eigenvalue weighted by molar-refractivity contribution is 0.144. The first-order valence-electron chi connectivity index (χ1n) is 3.67. The molecule has 0 saturated heterocycles. The molecule has 0 aliphatic carbocycles. The summed E-state index contributed by atoms with van der Waals surface area (Å²) in [5.74, 6) is -1.46. The summed E-state index contributed by atoms with van der Waals surface area (Å²) in [5.41, 5.74) is -0.590. The van der Waals surface area contributed by atoms with Crippen LogP contribution in [0.5, 0.6) is 5.88 Å². The third-order valence-electron chi connectivity index (χ3n) is 1.58. The normalized spacial score (nSPS) is 10.7. The minimum atomic E-state index is -2.77. The summed E-state index contributed by atoms with van der Waals surface area (Å²) in [6.45, 7) is 0. The molecule has 1 aromatic rings. The highest BCUT2D eigenvalue weighted by Crippen LogP contribution is 2.25. The summed E-state index contributed by atoms with van der Waals surface area (Å²) in [5, 5.41) is 0. The quantitative estimate of drug-likeness (QED) is 0.738. The van der Waals surface area contributed by atoms with Crippen LogP contribution in [0.1, 0.15) is 17.7 Å². The van der Waals surface area contributed by atoms with E-state index in [0.717, 1.165) is 13.2 Å². The van der Waals surface area contributed by atoms with Crippen LogP contribution >= 0.6 is 11.6 Å². The number of pyridine rings is 1. The Bertz CT molecular complexity index is 307. The summed E-state index contributed by atoms with van der Waals surface area (Å²) in [6, 6.07) is 0.926. The molecule has 0 amide bonds. The van der Waals surface area contributed by atoms with Crippen LogP contribution in [0.4, 0.5) is 13.2 Å². The van der Waals surface area contributed by atoms with Gasteiger partial charge in [0.25, 0.3) is 12.3 Å². The van der Waals surface area contributed by atoms with Crippen molar-refractivity contribution in [1.29, 1.82) is 0 Å². The van der Waals surface area contributed by atoms with Crippen LogP contribution in [0.3, 0.4) is 0 Å². The van der Waals surface area contributed by atoms with E-state index in [0.29, 0.717) is 0 Å². The number of methoxy groups -OCH3 is 1. The zero-order valence-electron chi connectivity index (χ0n) is 7.23. The van der Waals surface area contributed by atoms with Gasteiger partial charge in [0, 0.05) is 5.56 Å². The Kier molecular flexibility index (Phi) is 3.57. The van der Waals surface area contributed by atoms with E-state index in [1.807, 2.05) is 0 Å². The molecule has 14 heavy (non-hydrogen) atoms. The van der Waals surface area contributed by atoms with Gasteiger partial charge in [-0.2, -0.15) is 0 Å². The number of hydrogen-bond acceptors (Lipinski definition) is 2. The van der Waals surface area contributed by atoms with Gasteiger partial charge >= 0.3 is 0 Å². The first kappa shape index (κ1) is 11.1. The molecular formula is C8H7ClF3NO. The minimum Gasteiger partial charge on any atom is -0.479 e. The van der Waals surface area contributed by atoms with Gasteiger partial charge in [-0.15, -0.1) is 11.6 Å². The zero-order valence-corrected chi connectivity index (χ0v) is 7.99. The molecule has 1 heterocycles. The number of aromatic nitrogens is 1. The van der Waals surface area contributed by atoms with E-state index in [9.17, 15) is 13.2 Å². The van der Waals surface area contributed by atoms with Gasteiger partial charge < -0.3 is 4.74 Å². The summed E-state index contributed by atoms with van der Waals surface area (Å²) in [7, 11) is 1.15. The van der Waals surface area contributed by atoms with Crippen molar-refractivity contribution in [3.05, 3.63) is 23.1 Å². The standard InChI is InChI=1S/C8H7ClF3NO/c1-14-8-6(10)4(3-9)2-5(13-8)7(11)12/h2,7H,3H2,1H3. The van der Waals surface area contributed by atoms with E-state index in [-0.39, 0.29) is 11.4 Å². The van der Waals surface area contributed by atoms with Crippen molar-refractivity contribution in [2.75, 3.05) is 7.11 Å². The van der Waals surface area contributed by atoms with Gasteiger partial charge in [0.15, 0.2) is 5.82 Å². The van der Waals surface area contributed by atoms with E-state index in [4.69, 9.17) is 11.6 Å². The molecule has 0 unspecified atom stereocenters. The molecule has 0 aliphatic heterocycles. The van der Waals surface area contributed by atoms with Gasteiger partial charge in [-0.1, -0.05) is 0 Å². The Labute approximate surface area is 83.7 Å². The highest BCUT2D eigenvalue weighted by Gasteiger charge is 2.17. The molecule has 0 spiro atoms. The molecule has 0 aromatic carbocycles. The Morgan fingerprint density at radius 2 is 2.21 bits per heavy atom. The Balaban J connectivity index is 3.25. The summed E-state index contributed by atoms with van der Waals surface area (Å²) < 4.78 is 42.2. The van der Waals surface area contributed by atoms with E-state index < -0.39 is 23.8 Å². The van der Waals surface area contributed by atoms with E-state index >= 15 is 0 Å². The van der Waals surface area contributed by atoms with Crippen LogP contribution in [0.25, 0.3) is 0 Å².